The van der Waals surface area contributed by atoms with Gasteiger partial charge < -0.3 is 5.32 Å². The number of benzene rings is 3. The maximum absolute atomic E-state index is 5.05. The Hall–Kier alpha value is -4.38. The number of pyridine rings is 1. The Balaban J connectivity index is 1.47. The van der Waals surface area contributed by atoms with Crippen molar-refractivity contribution in [1.82, 2.24) is 20.2 Å². The van der Waals surface area contributed by atoms with Gasteiger partial charge in [-0.05, 0) is 54.5 Å². The Morgan fingerprint density at radius 3 is 1.80 bits per heavy atom. The predicted octanol–water partition coefficient (Wildman–Crippen LogP) is 8.56. The first-order chi connectivity index (χ1) is 19.7. The van der Waals surface area contributed by atoms with Gasteiger partial charge in [0.25, 0.3) is 0 Å². The van der Waals surface area contributed by atoms with Crippen molar-refractivity contribution < 1.29 is 0 Å². The number of aromatic nitrogens is 4. The van der Waals surface area contributed by atoms with Crippen LogP contribution in [0.1, 0.15) is 56.2 Å². The fourth-order valence-electron chi connectivity index (χ4n) is 4.70. The summed E-state index contributed by atoms with van der Waals surface area (Å²) in [6, 6.07) is 33.6. The normalized spacial score (nSPS) is 10.9. The van der Waals surface area contributed by atoms with Crippen LogP contribution >= 0.6 is 0 Å². The van der Waals surface area contributed by atoms with E-state index in [-0.39, 0.29) is 0 Å². The molecule has 0 aliphatic rings. The molecule has 40 heavy (non-hydrogen) atoms. The molecule has 202 valence electrons. The van der Waals surface area contributed by atoms with Gasteiger partial charge in [-0.3, -0.25) is 0 Å². The van der Waals surface area contributed by atoms with Crippen LogP contribution in [0.5, 0.6) is 0 Å². The van der Waals surface area contributed by atoms with E-state index < -0.39 is 0 Å². The second-order valence-electron chi connectivity index (χ2n) is 10.2. The van der Waals surface area contributed by atoms with Gasteiger partial charge in [0.2, 0.25) is 5.82 Å². The molecular formula is C35H37N5. The van der Waals surface area contributed by atoms with Crippen molar-refractivity contribution in [1.29, 1.82) is 0 Å². The third kappa shape index (κ3) is 6.97. The summed E-state index contributed by atoms with van der Waals surface area (Å²) in [5.41, 5.74) is 8.21. The molecular weight excluding hydrogens is 490 g/mol. The lowest BCUT2D eigenvalue weighted by Gasteiger charge is -2.12. The molecule has 5 nitrogen and oxygen atoms in total. The number of nitrogens with one attached hydrogen (secondary N) is 1. The number of nitrogens with zero attached hydrogens (tertiary/aromatic N) is 4. The summed E-state index contributed by atoms with van der Waals surface area (Å²) in [4.78, 5) is 9.86. The number of rotatable bonds is 12. The first kappa shape index (κ1) is 27.2. The zero-order chi connectivity index (χ0) is 27.6. The fraction of sp³-hybridized carbons (Fsp3) is 0.257. The smallest absolute Gasteiger partial charge is 0.201 e. The van der Waals surface area contributed by atoms with Crippen molar-refractivity contribution in [3.8, 4) is 34.0 Å². The predicted molar refractivity (Wildman–Crippen MR) is 165 cm³/mol. The van der Waals surface area contributed by atoms with E-state index in [0.717, 1.165) is 41.2 Å². The van der Waals surface area contributed by atoms with Crippen LogP contribution in [0.15, 0.2) is 97.1 Å². The minimum Gasteiger partial charge on any atom is -0.366 e. The first-order valence-electron chi connectivity index (χ1n) is 14.4. The average molecular weight is 528 g/mol. The van der Waals surface area contributed by atoms with E-state index in [9.17, 15) is 0 Å². The number of anilines is 1. The summed E-state index contributed by atoms with van der Waals surface area (Å²) in [7, 11) is 0. The summed E-state index contributed by atoms with van der Waals surface area (Å²) in [5.74, 6) is 1.29. The minimum atomic E-state index is 0.511. The molecule has 0 bridgehead atoms. The quantitative estimate of drug-likeness (QED) is 0.176. The molecule has 0 spiro atoms. The lowest BCUT2D eigenvalue weighted by atomic mass is 10.00. The Kier molecular flexibility index (Phi) is 9.25. The average Bonchev–Trinajstić information content (AvgIpc) is 3.03. The van der Waals surface area contributed by atoms with Crippen molar-refractivity contribution in [3.05, 3.63) is 114 Å². The maximum atomic E-state index is 5.05. The molecule has 5 rings (SSSR count). The van der Waals surface area contributed by atoms with Crippen LogP contribution in [0.2, 0.25) is 0 Å². The summed E-state index contributed by atoms with van der Waals surface area (Å²) < 4.78 is 0. The lowest BCUT2D eigenvalue weighted by molar-refractivity contribution is 0.795. The van der Waals surface area contributed by atoms with Gasteiger partial charge in [-0.1, -0.05) is 112 Å². The Labute approximate surface area is 237 Å². The second kappa shape index (κ2) is 13.6. The van der Waals surface area contributed by atoms with Gasteiger partial charge >= 0.3 is 0 Å². The SMILES string of the molecule is CCCCc1ccc(-c2nnc(-c3cccc(NCc4ccccc4)n3)nc2-c2ccc(CCCC)cc2)cc1. The van der Waals surface area contributed by atoms with E-state index in [2.05, 4.69) is 84.9 Å². The van der Waals surface area contributed by atoms with E-state index in [1.807, 2.05) is 36.4 Å². The molecule has 0 saturated heterocycles. The molecule has 1 N–H and O–H groups in total. The molecule has 0 aliphatic heterocycles. The maximum Gasteiger partial charge on any atom is 0.201 e. The number of hydrogen-bond donors (Lipinski definition) is 1. The van der Waals surface area contributed by atoms with Gasteiger partial charge in [-0.2, -0.15) is 0 Å². The first-order valence-corrected chi connectivity index (χ1v) is 14.4. The highest BCUT2D eigenvalue weighted by Gasteiger charge is 2.16. The van der Waals surface area contributed by atoms with Crippen LogP contribution in [-0.2, 0) is 19.4 Å². The van der Waals surface area contributed by atoms with E-state index in [1.165, 1.54) is 42.4 Å². The summed E-state index contributed by atoms with van der Waals surface area (Å²) in [6.45, 7) is 5.14. The highest BCUT2D eigenvalue weighted by molar-refractivity contribution is 5.78. The molecule has 0 radical (unpaired) electrons. The molecule has 5 aromatic rings. The summed E-state index contributed by atoms with van der Waals surface area (Å²) in [5, 5.41) is 12.7. The standard InChI is InChI=1S/C35H37N5/c1-3-5-11-26-17-21-29(22-18-26)33-34(30-23-19-27(20-24-30)12-6-4-2)39-40-35(38-33)31-15-10-16-32(37-31)36-25-28-13-8-7-9-14-28/h7-10,13-24H,3-6,11-12,25H2,1-2H3,(H,36,37). The van der Waals surface area contributed by atoms with Crippen LogP contribution in [-0.4, -0.2) is 20.2 Å². The monoisotopic (exact) mass is 527 g/mol. The molecule has 0 saturated carbocycles. The second-order valence-corrected chi connectivity index (χ2v) is 10.2. The van der Waals surface area contributed by atoms with Gasteiger partial charge in [0.15, 0.2) is 0 Å². The largest absolute Gasteiger partial charge is 0.366 e. The molecule has 0 amide bonds. The van der Waals surface area contributed by atoms with Crippen molar-refractivity contribution in [3.63, 3.8) is 0 Å². The Bertz CT molecular complexity index is 1500. The molecule has 0 unspecified atom stereocenters. The van der Waals surface area contributed by atoms with Crippen LogP contribution in [0.25, 0.3) is 34.0 Å². The molecule has 0 aliphatic carbocycles. The lowest BCUT2D eigenvalue weighted by Crippen LogP contribution is -2.04. The van der Waals surface area contributed by atoms with Crippen molar-refractivity contribution in [2.24, 2.45) is 0 Å². The summed E-state index contributed by atoms with van der Waals surface area (Å²) in [6.07, 6.45) is 6.93. The Morgan fingerprint density at radius 2 is 1.18 bits per heavy atom. The zero-order valence-electron chi connectivity index (χ0n) is 23.5. The van der Waals surface area contributed by atoms with Gasteiger partial charge in [0.1, 0.15) is 22.9 Å². The molecule has 3 aromatic carbocycles. The topological polar surface area (TPSA) is 63.6 Å². The molecule has 2 heterocycles. The van der Waals surface area contributed by atoms with Gasteiger partial charge in [0, 0.05) is 17.7 Å². The van der Waals surface area contributed by atoms with E-state index >= 15 is 0 Å². The third-order valence-electron chi connectivity index (χ3n) is 7.07. The van der Waals surface area contributed by atoms with Crippen molar-refractivity contribution in [2.45, 2.75) is 58.9 Å². The van der Waals surface area contributed by atoms with Crippen LogP contribution < -0.4 is 5.32 Å². The Morgan fingerprint density at radius 1 is 0.550 bits per heavy atom. The fourth-order valence-corrected chi connectivity index (χ4v) is 4.70. The third-order valence-corrected chi connectivity index (χ3v) is 7.07. The highest BCUT2D eigenvalue weighted by atomic mass is 15.2. The molecule has 2 aromatic heterocycles. The van der Waals surface area contributed by atoms with Crippen LogP contribution in [0.3, 0.4) is 0 Å². The molecule has 0 fully saturated rings. The van der Waals surface area contributed by atoms with Gasteiger partial charge in [-0.15, -0.1) is 10.2 Å². The van der Waals surface area contributed by atoms with Crippen molar-refractivity contribution >= 4 is 5.82 Å². The van der Waals surface area contributed by atoms with Crippen molar-refractivity contribution in [2.75, 3.05) is 5.32 Å². The van der Waals surface area contributed by atoms with Crippen LogP contribution in [0.4, 0.5) is 5.82 Å². The van der Waals surface area contributed by atoms with Crippen LogP contribution in [0, 0.1) is 0 Å². The minimum absolute atomic E-state index is 0.511. The molecule has 0 atom stereocenters. The van der Waals surface area contributed by atoms with Gasteiger partial charge in [0.05, 0.1) is 0 Å². The van der Waals surface area contributed by atoms with E-state index in [1.54, 1.807) is 0 Å². The highest BCUT2D eigenvalue weighted by Crippen LogP contribution is 2.31. The summed E-state index contributed by atoms with van der Waals surface area (Å²) >= 11 is 0. The number of unbranched alkanes of at least 4 members (excludes halogenated alkanes) is 2. The van der Waals surface area contributed by atoms with E-state index in [4.69, 9.17) is 15.1 Å². The van der Waals surface area contributed by atoms with E-state index in [0.29, 0.717) is 18.1 Å². The number of hydrogen-bond acceptors (Lipinski definition) is 5. The van der Waals surface area contributed by atoms with Gasteiger partial charge in [-0.25, -0.2) is 9.97 Å². The number of aryl methyl sites for hydroxylation is 2. The zero-order valence-corrected chi connectivity index (χ0v) is 23.5. The molecule has 5 heteroatoms.